The number of aromatic nitrogens is 2. The van der Waals surface area contributed by atoms with Crippen LogP contribution < -0.4 is 5.32 Å². The van der Waals surface area contributed by atoms with Crippen LogP contribution in [0.25, 0.3) is 11.0 Å². The summed E-state index contributed by atoms with van der Waals surface area (Å²) in [6.07, 6.45) is 3.27. The maximum absolute atomic E-state index is 15.4. The molecule has 1 aliphatic rings. The number of fused-ring (bicyclic) bond motifs is 1. The van der Waals surface area contributed by atoms with Crippen LogP contribution in [0.3, 0.4) is 0 Å². The number of amides is 2. The summed E-state index contributed by atoms with van der Waals surface area (Å²) in [5.41, 5.74) is 1.07. The number of halogens is 1. The summed E-state index contributed by atoms with van der Waals surface area (Å²) >= 11 is 0. The summed E-state index contributed by atoms with van der Waals surface area (Å²) in [7, 11) is 3.31. The van der Waals surface area contributed by atoms with Crippen molar-refractivity contribution in [1.82, 2.24) is 14.5 Å². The molecule has 152 valence electrons. The van der Waals surface area contributed by atoms with Crippen molar-refractivity contribution in [3.8, 4) is 0 Å². The summed E-state index contributed by atoms with van der Waals surface area (Å²) in [6, 6.07) is 3.45. The van der Waals surface area contributed by atoms with Gasteiger partial charge in [-0.3, -0.25) is 14.9 Å². The van der Waals surface area contributed by atoms with E-state index in [1.54, 1.807) is 26.2 Å². The maximum atomic E-state index is 15.4. The first kappa shape index (κ1) is 20.3. The van der Waals surface area contributed by atoms with Gasteiger partial charge in [-0.15, -0.1) is 0 Å². The van der Waals surface area contributed by atoms with Gasteiger partial charge in [-0.1, -0.05) is 26.8 Å². The molecule has 0 radical (unpaired) electrons. The minimum Gasteiger partial charge on any atom is -0.349 e. The van der Waals surface area contributed by atoms with Gasteiger partial charge in [-0.25, -0.2) is 9.37 Å². The SMILES string of the molecule is CN(C)C(=O)Cc1ccc2nc(NC(=O)CC(C)(C)C)n(C3CCC3)c2c1F. The number of rotatable bonds is 5. The summed E-state index contributed by atoms with van der Waals surface area (Å²) in [5.74, 6) is -0.328. The van der Waals surface area contributed by atoms with E-state index in [1.807, 2.05) is 25.3 Å². The molecule has 1 aromatic heterocycles. The predicted octanol–water partition coefficient (Wildman–Crippen LogP) is 3.91. The van der Waals surface area contributed by atoms with Crippen LogP contribution in [-0.4, -0.2) is 40.4 Å². The van der Waals surface area contributed by atoms with Crippen molar-refractivity contribution in [2.24, 2.45) is 5.41 Å². The Labute approximate surface area is 165 Å². The number of hydrogen-bond acceptors (Lipinski definition) is 3. The van der Waals surface area contributed by atoms with Gasteiger partial charge >= 0.3 is 0 Å². The zero-order valence-corrected chi connectivity index (χ0v) is 17.3. The summed E-state index contributed by atoms with van der Waals surface area (Å²) in [5, 5.41) is 2.88. The zero-order valence-electron chi connectivity index (χ0n) is 17.3. The number of benzene rings is 1. The number of carbonyl (C=O) groups is 2. The molecular formula is C21H29FN4O2. The number of hydrogen-bond donors (Lipinski definition) is 1. The Bertz CT molecular complexity index is 907. The number of likely N-dealkylation sites (N-methyl/N-ethyl adjacent to an activating group) is 1. The van der Waals surface area contributed by atoms with Crippen LogP contribution in [0.5, 0.6) is 0 Å². The Hall–Kier alpha value is -2.44. The molecule has 1 heterocycles. The molecule has 2 aromatic rings. The zero-order chi connectivity index (χ0) is 20.6. The molecule has 1 aliphatic carbocycles. The number of carbonyl (C=O) groups excluding carboxylic acids is 2. The van der Waals surface area contributed by atoms with Gasteiger partial charge in [0.1, 0.15) is 5.52 Å². The fraction of sp³-hybridized carbons (Fsp3) is 0.571. The molecule has 1 saturated carbocycles. The Kier molecular flexibility index (Phi) is 5.46. The van der Waals surface area contributed by atoms with Crippen molar-refractivity contribution in [3.63, 3.8) is 0 Å². The summed E-state index contributed by atoms with van der Waals surface area (Å²) < 4.78 is 17.2. The number of anilines is 1. The van der Waals surface area contributed by atoms with Crippen LogP contribution in [0.15, 0.2) is 12.1 Å². The second-order valence-electron chi connectivity index (χ2n) is 9.05. The van der Waals surface area contributed by atoms with Crippen LogP contribution in [0.2, 0.25) is 0 Å². The molecule has 1 fully saturated rings. The first-order chi connectivity index (χ1) is 13.1. The second kappa shape index (κ2) is 7.53. The summed E-state index contributed by atoms with van der Waals surface area (Å²) in [6.45, 7) is 5.99. The minimum atomic E-state index is -0.427. The molecule has 7 heteroatoms. The van der Waals surface area contributed by atoms with E-state index >= 15 is 4.39 Å². The van der Waals surface area contributed by atoms with Gasteiger partial charge in [0, 0.05) is 26.6 Å². The molecule has 0 saturated heterocycles. The fourth-order valence-corrected chi connectivity index (χ4v) is 3.39. The maximum Gasteiger partial charge on any atom is 0.227 e. The number of imidazole rings is 1. The van der Waals surface area contributed by atoms with Gasteiger partial charge in [0.05, 0.1) is 11.9 Å². The van der Waals surface area contributed by atoms with E-state index in [9.17, 15) is 9.59 Å². The van der Waals surface area contributed by atoms with E-state index in [0.29, 0.717) is 29.0 Å². The van der Waals surface area contributed by atoms with E-state index < -0.39 is 5.82 Å². The number of nitrogens with one attached hydrogen (secondary N) is 1. The van der Waals surface area contributed by atoms with Gasteiger partial charge in [0.25, 0.3) is 0 Å². The van der Waals surface area contributed by atoms with Crippen molar-refractivity contribution >= 4 is 28.8 Å². The first-order valence-electron chi connectivity index (χ1n) is 9.76. The molecule has 28 heavy (non-hydrogen) atoms. The Morgan fingerprint density at radius 2 is 1.96 bits per heavy atom. The van der Waals surface area contributed by atoms with Gasteiger partial charge in [0.2, 0.25) is 17.8 Å². The largest absolute Gasteiger partial charge is 0.349 e. The van der Waals surface area contributed by atoms with Crippen LogP contribution in [0.4, 0.5) is 10.3 Å². The Morgan fingerprint density at radius 1 is 1.29 bits per heavy atom. The van der Waals surface area contributed by atoms with Crippen LogP contribution in [0, 0.1) is 11.2 Å². The van der Waals surface area contributed by atoms with Crippen molar-refractivity contribution < 1.29 is 14.0 Å². The monoisotopic (exact) mass is 388 g/mol. The predicted molar refractivity (Wildman–Crippen MR) is 108 cm³/mol. The Balaban J connectivity index is 2.01. The molecule has 0 unspecified atom stereocenters. The topological polar surface area (TPSA) is 67.2 Å². The van der Waals surface area contributed by atoms with Crippen LogP contribution in [0.1, 0.15) is 58.1 Å². The molecule has 0 aliphatic heterocycles. The van der Waals surface area contributed by atoms with Crippen LogP contribution >= 0.6 is 0 Å². The average molecular weight is 388 g/mol. The highest BCUT2D eigenvalue weighted by atomic mass is 19.1. The molecule has 0 atom stereocenters. The van der Waals surface area contributed by atoms with Crippen molar-refractivity contribution in [1.29, 1.82) is 0 Å². The van der Waals surface area contributed by atoms with E-state index in [0.717, 1.165) is 19.3 Å². The lowest BCUT2D eigenvalue weighted by atomic mass is 9.92. The molecule has 0 spiro atoms. The third-order valence-corrected chi connectivity index (χ3v) is 5.09. The van der Waals surface area contributed by atoms with Gasteiger partial charge in [-0.05, 0) is 36.3 Å². The van der Waals surface area contributed by atoms with E-state index in [4.69, 9.17) is 0 Å². The smallest absolute Gasteiger partial charge is 0.227 e. The van der Waals surface area contributed by atoms with E-state index in [2.05, 4.69) is 10.3 Å². The van der Waals surface area contributed by atoms with Crippen molar-refractivity contribution in [3.05, 3.63) is 23.5 Å². The van der Waals surface area contributed by atoms with E-state index in [1.165, 1.54) is 4.90 Å². The molecule has 2 amide bonds. The quantitative estimate of drug-likeness (QED) is 0.845. The number of nitrogens with zero attached hydrogens (tertiary/aromatic N) is 3. The van der Waals surface area contributed by atoms with Gasteiger partial charge in [0.15, 0.2) is 5.82 Å². The van der Waals surface area contributed by atoms with Crippen molar-refractivity contribution in [2.75, 3.05) is 19.4 Å². The fourth-order valence-electron chi connectivity index (χ4n) is 3.39. The minimum absolute atomic E-state index is 0.00363. The van der Waals surface area contributed by atoms with E-state index in [-0.39, 0.29) is 29.7 Å². The highest BCUT2D eigenvalue weighted by Gasteiger charge is 2.28. The average Bonchev–Trinajstić information content (AvgIpc) is 2.85. The normalized spacial score (nSPS) is 14.8. The van der Waals surface area contributed by atoms with Gasteiger partial charge < -0.3 is 9.47 Å². The third-order valence-electron chi connectivity index (χ3n) is 5.09. The van der Waals surface area contributed by atoms with Crippen LogP contribution in [-0.2, 0) is 16.0 Å². The Morgan fingerprint density at radius 3 is 2.50 bits per heavy atom. The lowest BCUT2D eigenvalue weighted by Gasteiger charge is -2.29. The standard InChI is InChI=1S/C21H29FN4O2/c1-21(2,3)12-16(27)24-20-23-15-10-9-13(11-17(28)25(4)5)18(22)19(15)26(20)14-7-6-8-14/h9-10,14H,6-8,11-12H2,1-5H3,(H,23,24,27). The van der Waals surface area contributed by atoms with Gasteiger partial charge in [-0.2, -0.15) is 0 Å². The molecular weight excluding hydrogens is 359 g/mol. The van der Waals surface area contributed by atoms with Crippen molar-refractivity contribution in [2.45, 2.75) is 58.9 Å². The summed E-state index contributed by atoms with van der Waals surface area (Å²) in [4.78, 5) is 30.4. The second-order valence-corrected chi connectivity index (χ2v) is 9.05. The molecule has 3 rings (SSSR count). The lowest BCUT2D eigenvalue weighted by molar-refractivity contribution is -0.128. The highest BCUT2D eigenvalue weighted by Crippen LogP contribution is 2.38. The molecule has 1 N–H and O–H groups in total. The molecule has 1 aromatic carbocycles. The third kappa shape index (κ3) is 4.18. The molecule has 0 bridgehead atoms. The first-order valence-corrected chi connectivity index (χ1v) is 9.76. The lowest BCUT2D eigenvalue weighted by Crippen LogP contribution is -2.25. The molecule has 6 nitrogen and oxygen atoms in total. The highest BCUT2D eigenvalue weighted by molar-refractivity contribution is 5.92.